The topological polar surface area (TPSA) is 66.5 Å². The largest absolute Gasteiger partial charge is 0.338 e. The Labute approximate surface area is 161 Å². The van der Waals surface area contributed by atoms with Crippen LogP contribution in [0.15, 0.2) is 53.4 Å². The fourth-order valence-corrected chi connectivity index (χ4v) is 4.80. The van der Waals surface area contributed by atoms with Crippen molar-refractivity contribution in [2.75, 3.05) is 26.7 Å². The number of likely N-dealkylation sites (tertiary alicyclic amines) is 1. The van der Waals surface area contributed by atoms with Crippen molar-refractivity contribution in [2.24, 2.45) is 5.92 Å². The molecule has 0 spiro atoms. The zero-order chi connectivity index (χ0) is 19.4. The summed E-state index contributed by atoms with van der Waals surface area (Å²) in [4.78, 5) is 14.8. The third kappa shape index (κ3) is 4.76. The molecule has 27 heavy (non-hydrogen) atoms. The average Bonchev–Trinajstić information content (AvgIpc) is 3.11. The lowest BCUT2D eigenvalue weighted by Gasteiger charge is -2.17. The molecular weight excluding hydrogens is 360 g/mol. The molecule has 1 saturated heterocycles. The van der Waals surface area contributed by atoms with Gasteiger partial charge in [0.2, 0.25) is 0 Å². The van der Waals surface area contributed by atoms with Gasteiger partial charge < -0.3 is 10.2 Å². The van der Waals surface area contributed by atoms with E-state index in [0.717, 1.165) is 31.6 Å². The number of sulfone groups is 1. The Hall–Kier alpha value is -2.18. The summed E-state index contributed by atoms with van der Waals surface area (Å²) in [5.74, 6) is 0.442. The fourth-order valence-electron chi connectivity index (χ4n) is 3.45. The Morgan fingerprint density at radius 2 is 1.78 bits per heavy atom. The van der Waals surface area contributed by atoms with E-state index in [1.165, 1.54) is 0 Å². The second kappa shape index (κ2) is 8.23. The van der Waals surface area contributed by atoms with E-state index >= 15 is 0 Å². The Kier molecular flexibility index (Phi) is 5.97. The third-order valence-corrected chi connectivity index (χ3v) is 6.71. The molecule has 1 aliphatic heterocycles. The van der Waals surface area contributed by atoms with Crippen molar-refractivity contribution in [3.63, 3.8) is 0 Å². The lowest BCUT2D eigenvalue weighted by Crippen LogP contribution is -2.30. The maximum Gasteiger partial charge on any atom is 0.253 e. The van der Waals surface area contributed by atoms with Crippen LogP contribution in [0.25, 0.3) is 0 Å². The van der Waals surface area contributed by atoms with E-state index < -0.39 is 9.84 Å². The van der Waals surface area contributed by atoms with Crippen molar-refractivity contribution in [1.82, 2.24) is 10.2 Å². The first-order chi connectivity index (χ1) is 12.9. The maximum atomic E-state index is 12.6. The Bertz CT molecular complexity index is 890. The minimum Gasteiger partial charge on any atom is -0.338 e. The van der Waals surface area contributed by atoms with Gasteiger partial charge in [0.05, 0.1) is 10.6 Å². The lowest BCUT2D eigenvalue weighted by atomic mass is 10.1. The summed E-state index contributed by atoms with van der Waals surface area (Å²) in [5.41, 5.74) is 2.31. The second-order valence-corrected chi connectivity index (χ2v) is 9.22. The molecule has 0 saturated carbocycles. The monoisotopic (exact) mass is 386 g/mol. The van der Waals surface area contributed by atoms with Crippen molar-refractivity contribution in [2.45, 2.75) is 24.0 Å². The van der Waals surface area contributed by atoms with Crippen LogP contribution < -0.4 is 5.32 Å². The third-order valence-electron chi connectivity index (χ3n) is 5.00. The van der Waals surface area contributed by atoms with E-state index in [-0.39, 0.29) is 11.7 Å². The minimum atomic E-state index is -3.39. The number of carbonyl (C=O) groups is 1. The molecular formula is C21H26N2O3S. The number of benzene rings is 2. The first-order valence-electron chi connectivity index (χ1n) is 9.21. The number of carbonyl (C=O) groups excluding carboxylic acids is 1. The van der Waals surface area contributed by atoms with Crippen molar-refractivity contribution in [1.29, 1.82) is 0 Å². The van der Waals surface area contributed by atoms with Crippen LogP contribution in [-0.2, 0) is 15.6 Å². The van der Waals surface area contributed by atoms with E-state index in [2.05, 4.69) is 5.32 Å². The Balaban J connectivity index is 1.66. The highest BCUT2D eigenvalue weighted by atomic mass is 32.2. The zero-order valence-electron chi connectivity index (χ0n) is 15.8. The van der Waals surface area contributed by atoms with Crippen LogP contribution in [0.2, 0.25) is 0 Å². The van der Waals surface area contributed by atoms with Gasteiger partial charge in [0.15, 0.2) is 9.84 Å². The van der Waals surface area contributed by atoms with Crippen LogP contribution in [-0.4, -0.2) is 45.9 Å². The summed E-state index contributed by atoms with van der Waals surface area (Å²) < 4.78 is 25.1. The molecule has 1 unspecified atom stereocenters. The van der Waals surface area contributed by atoms with Gasteiger partial charge in [-0.15, -0.1) is 0 Å². The molecule has 2 aromatic carbocycles. The molecule has 1 N–H and O–H groups in total. The van der Waals surface area contributed by atoms with Gasteiger partial charge >= 0.3 is 0 Å². The number of rotatable bonds is 6. The molecule has 144 valence electrons. The molecule has 0 aliphatic carbocycles. The van der Waals surface area contributed by atoms with Crippen molar-refractivity contribution < 1.29 is 13.2 Å². The van der Waals surface area contributed by atoms with Crippen LogP contribution >= 0.6 is 0 Å². The summed E-state index contributed by atoms with van der Waals surface area (Å²) in [7, 11) is -1.47. The molecule has 1 fully saturated rings. The van der Waals surface area contributed by atoms with Gasteiger partial charge in [-0.25, -0.2) is 8.42 Å². The quantitative estimate of drug-likeness (QED) is 0.829. The highest BCUT2D eigenvalue weighted by Crippen LogP contribution is 2.20. The summed E-state index contributed by atoms with van der Waals surface area (Å²) in [6.45, 7) is 4.38. The summed E-state index contributed by atoms with van der Waals surface area (Å²) in [6, 6.07) is 13.8. The molecule has 1 amide bonds. The molecule has 5 nitrogen and oxygen atoms in total. The van der Waals surface area contributed by atoms with Crippen LogP contribution in [0.1, 0.15) is 27.9 Å². The Morgan fingerprint density at radius 1 is 1.11 bits per heavy atom. The van der Waals surface area contributed by atoms with Crippen molar-refractivity contribution >= 4 is 15.7 Å². The smallest absolute Gasteiger partial charge is 0.253 e. The SMILES string of the molecule is CNCC1CCN(C(=O)c2ccc(CS(=O)(=O)c3ccc(C)cc3)cc2)C1. The predicted molar refractivity (Wildman–Crippen MR) is 106 cm³/mol. The summed E-state index contributed by atoms with van der Waals surface area (Å²) >= 11 is 0. The number of hydrogen-bond donors (Lipinski definition) is 1. The molecule has 6 heteroatoms. The molecule has 1 heterocycles. The van der Waals surface area contributed by atoms with Crippen LogP contribution in [0.3, 0.4) is 0 Å². The standard InChI is InChI=1S/C21H26N2O3S/c1-16-3-9-20(10-4-16)27(25,26)15-17-5-7-19(8-6-17)21(24)23-12-11-18(14-23)13-22-2/h3-10,18,22H,11-15H2,1-2H3. The van der Waals surface area contributed by atoms with Gasteiger partial charge in [-0.1, -0.05) is 29.8 Å². The lowest BCUT2D eigenvalue weighted by molar-refractivity contribution is 0.0787. The van der Waals surface area contributed by atoms with E-state index in [0.29, 0.717) is 21.9 Å². The fraction of sp³-hybridized carbons (Fsp3) is 0.381. The number of hydrogen-bond acceptors (Lipinski definition) is 4. The van der Waals surface area contributed by atoms with E-state index in [1.807, 2.05) is 18.9 Å². The molecule has 1 aliphatic rings. The average molecular weight is 387 g/mol. The van der Waals surface area contributed by atoms with Gasteiger partial charge in [0.1, 0.15) is 0 Å². The van der Waals surface area contributed by atoms with Gasteiger partial charge in [-0.2, -0.15) is 0 Å². The normalized spacial score (nSPS) is 17.3. The molecule has 3 rings (SSSR count). The molecule has 0 radical (unpaired) electrons. The van der Waals surface area contributed by atoms with E-state index in [4.69, 9.17) is 0 Å². The predicted octanol–water partition coefficient (Wildman–Crippen LogP) is 2.65. The van der Waals surface area contributed by atoms with Gasteiger partial charge in [-0.3, -0.25) is 4.79 Å². The zero-order valence-corrected chi connectivity index (χ0v) is 16.6. The Morgan fingerprint density at radius 3 is 2.41 bits per heavy atom. The first-order valence-corrected chi connectivity index (χ1v) is 10.9. The van der Waals surface area contributed by atoms with E-state index in [9.17, 15) is 13.2 Å². The van der Waals surface area contributed by atoms with Gasteiger partial charge in [0, 0.05) is 18.7 Å². The van der Waals surface area contributed by atoms with Crippen LogP contribution in [0, 0.1) is 12.8 Å². The van der Waals surface area contributed by atoms with Crippen LogP contribution in [0.5, 0.6) is 0 Å². The van der Waals surface area contributed by atoms with Crippen LogP contribution in [0.4, 0.5) is 0 Å². The van der Waals surface area contributed by atoms with Gasteiger partial charge in [0.25, 0.3) is 5.91 Å². The first kappa shape index (κ1) is 19.6. The number of amides is 1. The summed E-state index contributed by atoms with van der Waals surface area (Å²) in [6.07, 6.45) is 1.01. The highest BCUT2D eigenvalue weighted by Gasteiger charge is 2.26. The maximum absolute atomic E-state index is 12.6. The number of nitrogens with one attached hydrogen (secondary N) is 1. The second-order valence-electron chi connectivity index (χ2n) is 7.23. The summed E-state index contributed by atoms with van der Waals surface area (Å²) in [5, 5.41) is 3.16. The highest BCUT2D eigenvalue weighted by molar-refractivity contribution is 7.90. The van der Waals surface area contributed by atoms with E-state index in [1.54, 1.807) is 48.5 Å². The van der Waals surface area contributed by atoms with Crippen molar-refractivity contribution in [3.8, 4) is 0 Å². The molecule has 2 aromatic rings. The molecule has 0 bridgehead atoms. The van der Waals surface area contributed by atoms with Crippen molar-refractivity contribution in [3.05, 3.63) is 65.2 Å². The number of aryl methyl sites for hydroxylation is 1. The molecule has 0 aromatic heterocycles. The molecule has 1 atom stereocenters. The van der Waals surface area contributed by atoms with Gasteiger partial charge in [-0.05, 0) is 62.7 Å². The number of nitrogens with zero attached hydrogens (tertiary/aromatic N) is 1. The minimum absolute atomic E-state index is 0.0153.